The molecule has 3 aromatic carbocycles. The average Bonchev–Trinajstić information content (AvgIpc) is 3.36. The molecule has 0 fully saturated rings. The van der Waals surface area contributed by atoms with Crippen LogP contribution >= 0.6 is 0 Å². The Hall–Kier alpha value is -5.07. The number of hydrogen-bond donors (Lipinski definition) is 0. The summed E-state index contributed by atoms with van der Waals surface area (Å²) in [6.45, 7) is 16.3. The van der Waals surface area contributed by atoms with Crippen molar-refractivity contribution in [2.45, 2.75) is 85.7 Å². The van der Waals surface area contributed by atoms with Crippen molar-refractivity contribution in [1.29, 1.82) is 0 Å². The Balaban J connectivity index is 0.000000738. The van der Waals surface area contributed by atoms with Crippen molar-refractivity contribution in [3.8, 4) is 16.9 Å². The fraction of sp³-hybridized carbons (Fsp3) is 0.319. The molecule has 1 atom stereocenters. The van der Waals surface area contributed by atoms with Crippen LogP contribution < -0.4 is 4.74 Å². The molecule has 5 rings (SSSR count). The average molecular weight is 720 g/mol. The van der Waals surface area contributed by atoms with Crippen molar-refractivity contribution in [1.82, 2.24) is 0 Å². The highest BCUT2D eigenvalue weighted by molar-refractivity contribution is 5.98. The maximum Gasteiger partial charge on any atom is 0.343 e. The van der Waals surface area contributed by atoms with Crippen LogP contribution in [0.15, 0.2) is 122 Å². The molecule has 1 unspecified atom stereocenters. The number of aryl methyl sites for hydroxylation is 2. The van der Waals surface area contributed by atoms with E-state index in [-0.39, 0.29) is 6.10 Å². The molecular weight excluding hydrogens is 661 g/mol. The van der Waals surface area contributed by atoms with Gasteiger partial charge in [0, 0.05) is 13.0 Å². The Morgan fingerprint density at radius 2 is 1.42 bits per heavy atom. The lowest BCUT2D eigenvalue weighted by atomic mass is 9.86. The zero-order valence-electron chi connectivity index (χ0n) is 32.6. The van der Waals surface area contributed by atoms with E-state index >= 15 is 0 Å². The van der Waals surface area contributed by atoms with Crippen LogP contribution in [-0.4, -0.2) is 38.5 Å². The monoisotopic (exact) mass is 719 g/mol. The van der Waals surface area contributed by atoms with Gasteiger partial charge in [0.25, 0.3) is 0 Å². The first kappa shape index (κ1) is 46.0. The van der Waals surface area contributed by atoms with Gasteiger partial charge in [-0.15, -0.1) is 6.58 Å². The van der Waals surface area contributed by atoms with Gasteiger partial charge < -0.3 is 19.0 Å². The fourth-order valence-electron chi connectivity index (χ4n) is 5.36. The van der Waals surface area contributed by atoms with Crippen LogP contribution in [0.2, 0.25) is 0 Å². The maximum atomic E-state index is 12.7. The molecule has 0 saturated heterocycles. The maximum absolute atomic E-state index is 12.7. The summed E-state index contributed by atoms with van der Waals surface area (Å²) in [6.07, 6.45) is 27.7. The minimum atomic E-state index is -0.475. The van der Waals surface area contributed by atoms with Crippen LogP contribution in [0, 0.1) is 13.3 Å². The van der Waals surface area contributed by atoms with E-state index in [0.29, 0.717) is 16.9 Å². The molecule has 6 heteroatoms. The third-order valence-electron chi connectivity index (χ3n) is 7.95. The third kappa shape index (κ3) is 17.3. The first-order chi connectivity index (χ1) is 25.9. The minimum Gasteiger partial charge on any atom is -0.465 e. The summed E-state index contributed by atoms with van der Waals surface area (Å²) in [5, 5.41) is 0. The normalized spacial score (nSPS) is 15.9. The number of unbranched alkanes of at least 4 members (excludes halogenated alkanes) is 3. The van der Waals surface area contributed by atoms with E-state index in [1.54, 1.807) is 30.3 Å². The molecule has 0 N–H and O–H groups in total. The number of carbonyl (C=O) groups excluding carboxylic acids is 3. The molecular formula is C47H59O6. The first-order valence-corrected chi connectivity index (χ1v) is 18.5. The molecule has 0 amide bonds. The Morgan fingerprint density at radius 3 is 2.02 bits per heavy atom. The van der Waals surface area contributed by atoms with Crippen molar-refractivity contribution >= 4 is 18.7 Å². The molecule has 0 heterocycles. The van der Waals surface area contributed by atoms with Crippen LogP contribution in [0.5, 0.6) is 5.75 Å². The molecule has 0 spiro atoms. The lowest BCUT2D eigenvalue weighted by Crippen LogP contribution is -2.23. The van der Waals surface area contributed by atoms with Crippen LogP contribution in [-0.2, 0) is 27.1 Å². The molecule has 6 nitrogen and oxygen atoms in total. The van der Waals surface area contributed by atoms with Crippen molar-refractivity contribution in [2.75, 3.05) is 13.7 Å². The van der Waals surface area contributed by atoms with Crippen LogP contribution in [0.1, 0.15) is 97.2 Å². The molecule has 2 aliphatic rings. The van der Waals surface area contributed by atoms with Gasteiger partial charge >= 0.3 is 11.9 Å². The fourth-order valence-corrected chi connectivity index (χ4v) is 5.36. The smallest absolute Gasteiger partial charge is 0.343 e. The number of rotatable bonds is 10. The van der Waals surface area contributed by atoms with Gasteiger partial charge in [-0.05, 0) is 92.1 Å². The number of hydrogen-bond acceptors (Lipinski definition) is 6. The number of carbonyl (C=O) groups is 3. The number of esters is 2. The summed E-state index contributed by atoms with van der Waals surface area (Å²) in [5.74, 6) is -0.649. The van der Waals surface area contributed by atoms with Gasteiger partial charge in [-0.25, -0.2) is 9.59 Å². The lowest BCUT2D eigenvalue weighted by Gasteiger charge is -2.25. The summed E-state index contributed by atoms with van der Waals surface area (Å²) in [7, 11) is 1.35. The molecule has 2 aliphatic carbocycles. The van der Waals surface area contributed by atoms with Gasteiger partial charge in [-0.1, -0.05) is 131 Å². The van der Waals surface area contributed by atoms with E-state index < -0.39 is 11.9 Å². The number of fused-ring (bicyclic) bond motifs is 1. The molecule has 53 heavy (non-hydrogen) atoms. The Morgan fingerprint density at radius 1 is 0.792 bits per heavy atom. The second-order valence-electron chi connectivity index (χ2n) is 11.9. The standard InChI is InChI=1S/C32H36O5.C9H9.C3H6.C2H6.CH2O/c1-4-5-6-7-18-36-27-15-14-24-19-26(13-12-25(24)20-27)29-17-16-28(21-30(29)32(34)35-3)37-31(33)23-10-8-22(2)9-11-23;1-2-4-6-8-9-7-5-3-1;1-3-2;2*1-2/h8-13,16-17,19,21,27H,4-7,14-15,18,20H2,1-3H3;1-9H;3H,1H2,2H3;1-2H3;1H2/b;2-1-,5-3-,6-4-,9-7-;;;. The van der Waals surface area contributed by atoms with E-state index in [9.17, 15) is 9.59 Å². The molecule has 1 radical (unpaired) electrons. The summed E-state index contributed by atoms with van der Waals surface area (Å²) in [5.41, 5.74) is 6.15. The lowest BCUT2D eigenvalue weighted by molar-refractivity contribution is -0.0980. The van der Waals surface area contributed by atoms with Crippen molar-refractivity contribution in [3.05, 3.63) is 156 Å². The van der Waals surface area contributed by atoms with Gasteiger partial charge in [0.05, 0.1) is 24.3 Å². The second kappa shape index (κ2) is 28.5. The zero-order valence-corrected chi connectivity index (χ0v) is 32.6. The predicted octanol–water partition coefficient (Wildman–Crippen LogP) is 11.6. The first-order valence-electron chi connectivity index (χ1n) is 18.5. The Kier molecular flexibility index (Phi) is 24.7. The summed E-state index contributed by atoms with van der Waals surface area (Å²) in [4.78, 5) is 33.3. The topological polar surface area (TPSA) is 78.9 Å². The quantitative estimate of drug-likeness (QED) is 0.0898. The van der Waals surface area contributed by atoms with E-state index in [0.717, 1.165) is 49.0 Å². The van der Waals surface area contributed by atoms with E-state index in [4.69, 9.17) is 19.0 Å². The van der Waals surface area contributed by atoms with Crippen molar-refractivity contribution in [3.63, 3.8) is 0 Å². The van der Waals surface area contributed by atoms with Crippen LogP contribution in [0.25, 0.3) is 11.1 Å². The Bertz CT molecular complexity index is 1610. The van der Waals surface area contributed by atoms with E-state index in [2.05, 4.69) is 25.6 Å². The van der Waals surface area contributed by atoms with Gasteiger partial charge in [0.2, 0.25) is 0 Å². The molecule has 0 aliphatic heterocycles. The van der Waals surface area contributed by atoms with Gasteiger partial charge in [-0.3, -0.25) is 0 Å². The molecule has 3 aromatic rings. The Labute approximate surface area is 319 Å². The number of ether oxygens (including phenoxy) is 3. The summed E-state index contributed by atoms with van der Waals surface area (Å²) in [6, 6.07) is 18.6. The van der Waals surface area contributed by atoms with Gasteiger partial charge in [-0.2, -0.15) is 0 Å². The van der Waals surface area contributed by atoms with Crippen LogP contribution in [0.3, 0.4) is 0 Å². The zero-order chi connectivity index (χ0) is 39.3. The highest BCUT2D eigenvalue weighted by atomic mass is 16.5. The van der Waals surface area contributed by atoms with Gasteiger partial charge in [0.15, 0.2) is 0 Å². The SMILES string of the molecule is C=CC.C=O.CC.CCCCCCOC1CCc2cc(-c3ccc(OC(=O)c4ccc(C)cc4)cc3C(=O)OC)ccc2C1.[CH]1\C=C/C=C\C=C/C=C\1. The largest absolute Gasteiger partial charge is 0.465 e. The molecule has 283 valence electrons. The van der Waals surface area contributed by atoms with Crippen molar-refractivity contribution in [2.24, 2.45) is 0 Å². The third-order valence-corrected chi connectivity index (χ3v) is 7.95. The highest BCUT2D eigenvalue weighted by Crippen LogP contribution is 2.33. The molecule has 0 bridgehead atoms. The van der Waals surface area contributed by atoms with Crippen LogP contribution in [0.4, 0.5) is 0 Å². The molecule has 0 saturated carbocycles. The van der Waals surface area contributed by atoms with E-state index in [1.165, 1.54) is 37.5 Å². The number of methoxy groups -OCH3 is 1. The second-order valence-corrected chi connectivity index (χ2v) is 11.9. The van der Waals surface area contributed by atoms with Gasteiger partial charge in [0.1, 0.15) is 12.5 Å². The predicted molar refractivity (Wildman–Crippen MR) is 220 cm³/mol. The number of benzene rings is 3. The summed E-state index contributed by atoms with van der Waals surface area (Å²) < 4.78 is 16.8. The van der Waals surface area contributed by atoms with E-state index in [1.807, 2.05) is 114 Å². The highest BCUT2D eigenvalue weighted by Gasteiger charge is 2.22. The minimum absolute atomic E-state index is 0.271. The van der Waals surface area contributed by atoms with Crippen molar-refractivity contribution < 1.29 is 28.6 Å². The number of allylic oxidation sites excluding steroid dienone is 9. The molecule has 0 aromatic heterocycles. The summed E-state index contributed by atoms with van der Waals surface area (Å²) >= 11 is 0.